The minimum Gasteiger partial charge on any atom is -0.339 e. The Morgan fingerprint density at radius 2 is 1.44 bits per heavy atom. The molecule has 2 nitrogen and oxygen atoms in total. The second-order valence-corrected chi connectivity index (χ2v) is 10.5. The molecule has 0 amide bonds. The summed E-state index contributed by atoms with van der Waals surface area (Å²) >= 11 is 0. The second-order valence-electron chi connectivity index (χ2n) is 10.5. The third-order valence-electron chi connectivity index (χ3n) is 9.03. The molecule has 0 radical (unpaired) electrons. The van der Waals surface area contributed by atoms with Crippen molar-refractivity contribution in [2.75, 3.05) is 4.90 Å². The summed E-state index contributed by atoms with van der Waals surface area (Å²) in [7, 11) is 0. The highest BCUT2D eigenvalue weighted by atomic mass is 15.5. The molecule has 2 aliphatic heterocycles. The summed E-state index contributed by atoms with van der Waals surface area (Å²) in [5.41, 5.74) is 6.85. The van der Waals surface area contributed by atoms with Crippen molar-refractivity contribution in [2.24, 2.45) is 11.8 Å². The highest BCUT2D eigenvalue weighted by Crippen LogP contribution is 2.63. The standard InChI is InChI=1S/C30H38N2/c1-21-13-7-12-20-28(21)31-22(2)29-26-18-10-11-19-27(26)30(32(29)23(31)3,25-16-8-9-17-25)24-14-5-4-6-15-24/h7,10-13,18-20,23-25H,4-6,8-9,14-17H2,1-3H3/i3D3. The van der Waals surface area contributed by atoms with Gasteiger partial charge in [0.15, 0.2) is 0 Å². The Kier molecular flexibility index (Phi) is 4.15. The van der Waals surface area contributed by atoms with Crippen LogP contribution in [0, 0.1) is 18.8 Å². The third-order valence-corrected chi connectivity index (χ3v) is 9.03. The summed E-state index contributed by atoms with van der Waals surface area (Å²) in [6, 6.07) is 17.2. The van der Waals surface area contributed by atoms with Gasteiger partial charge in [-0.25, -0.2) is 0 Å². The van der Waals surface area contributed by atoms with E-state index in [0.29, 0.717) is 11.8 Å². The summed E-state index contributed by atoms with van der Waals surface area (Å²) in [5.74, 6) is 0.992. The van der Waals surface area contributed by atoms with Crippen molar-refractivity contribution < 1.29 is 4.11 Å². The van der Waals surface area contributed by atoms with Crippen LogP contribution in [-0.2, 0) is 5.54 Å². The average Bonchev–Trinajstić information content (AvgIpc) is 3.55. The summed E-state index contributed by atoms with van der Waals surface area (Å²) in [6.45, 7) is 2.11. The van der Waals surface area contributed by atoms with E-state index in [0.717, 1.165) is 16.9 Å². The number of para-hydroxylation sites is 1. The van der Waals surface area contributed by atoms with Crippen molar-refractivity contribution in [1.82, 2.24) is 4.90 Å². The minimum absolute atomic E-state index is 0.236. The molecule has 2 unspecified atom stereocenters. The van der Waals surface area contributed by atoms with Gasteiger partial charge in [0, 0.05) is 21.1 Å². The molecule has 0 saturated heterocycles. The Hall–Kier alpha value is -2.22. The zero-order valence-electron chi connectivity index (χ0n) is 22.6. The monoisotopic (exact) mass is 429 g/mol. The lowest BCUT2D eigenvalue weighted by atomic mass is 9.64. The third kappa shape index (κ3) is 2.65. The van der Waals surface area contributed by atoms with E-state index in [1.807, 2.05) is 12.1 Å². The van der Waals surface area contributed by atoms with Crippen LogP contribution in [0.2, 0.25) is 0 Å². The van der Waals surface area contributed by atoms with Crippen molar-refractivity contribution in [3.05, 3.63) is 70.9 Å². The van der Waals surface area contributed by atoms with Gasteiger partial charge in [-0.1, -0.05) is 74.6 Å². The van der Waals surface area contributed by atoms with Gasteiger partial charge in [0.25, 0.3) is 0 Å². The lowest BCUT2D eigenvalue weighted by Gasteiger charge is -2.53. The first kappa shape index (κ1) is 17.3. The van der Waals surface area contributed by atoms with Gasteiger partial charge in [0.1, 0.15) is 6.17 Å². The van der Waals surface area contributed by atoms with E-state index < -0.39 is 13.0 Å². The van der Waals surface area contributed by atoms with E-state index in [1.165, 1.54) is 74.6 Å². The predicted octanol–water partition coefficient (Wildman–Crippen LogP) is 7.83. The van der Waals surface area contributed by atoms with Crippen molar-refractivity contribution in [2.45, 2.75) is 90.2 Å². The summed E-state index contributed by atoms with van der Waals surface area (Å²) in [4.78, 5) is 4.64. The van der Waals surface area contributed by atoms with Crippen LogP contribution in [0.4, 0.5) is 5.69 Å². The number of hydrogen-bond donors (Lipinski definition) is 0. The summed E-state index contributed by atoms with van der Waals surface area (Å²) in [5, 5.41) is 0. The Morgan fingerprint density at radius 1 is 0.812 bits per heavy atom. The number of nitrogens with zero attached hydrogens (tertiary/aromatic N) is 2. The molecular weight excluding hydrogens is 388 g/mol. The fourth-order valence-corrected chi connectivity index (χ4v) is 7.81. The van der Waals surface area contributed by atoms with Gasteiger partial charge in [-0.05, 0) is 75.4 Å². The zero-order chi connectivity index (χ0) is 24.4. The molecule has 2 aromatic carbocycles. The maximum absolute atomic E-state index is 8.91. The molecule has 32 heavy (non-hydrogen) atoms. The number of aryl methyl sites for hydroxylation is 1. The molecule has 2 saturated carbocycles. The molecule has 6 rings (SSSR count). The fraction of sp³-hybridized carbons (Fsp3) is 0.533. The first-order valence-corrected chi connectivity index (χ1v) is 12.8. The van der Waals surface area contributed by atoms with Crippen LogP contribution in [0.25, 0.3) is 5.70 Å². The van der Waals surface area contributed by atoms with E-state index in [-0.39, 0.29) is 5.54 Å². The Morgan fingerprint density at radius 3 is 2.12 bits per heavy atom. The number of fused-ring (bicyclic) bond motifs is 3. The smallest absolute Gasteiger partial charge is 0.104 e. The average molecular weight is 430 g/mol. The molecular formula is C30H38N2. The van der Waals surface area contributed by atoms with Gasteiger partial charge in [0.05, 0.1) is 11.2 Å². The normalized spacial score (nSPS) is 30.3. The lowest BCUT2D eigenvalue weighted by Crippen LogP contribution is -2.56. The first-order chi connectivity index (χ1) is 16.9. The number of rotatable bonds is 3. The van der Waals surface area contributed by atoms with E-state index in [4.69, 9.17) is 4.11 Å². The van der Waals surface area contributed by atoms with Crippen LogP contribution >= 0.6 is 0 Å². The molecule has 0 aromatic heterocycles. The molecule has 2 heterocycles. The fourth-order valence-electron chi connectivity index (χ4n) is 7.81. The van der Waals surface area contributed by atoms with E-state index in [1.54, 1.807) is 0 Å². The molecule has 0 N–H and O–H groups in total. The van der Waals surface area contributed by atoms with Gasteiger partial charge in [-0.3, -0.25) is 0 Å². The molecule has 2 fully saturated rings. The van der Waals surface area contributed by atoms with Gasteiger partial charge < -0.3 is 9.80 Å². The molecule has 168 valence electrons. The van der Waals surface area contributed by atoms with Crippen molar-refractivity contribution in [3.8, 4) is 0 Å². The van der Waals surface area contributed by atoms with Crippen LogP contribution in [0.15, 0.2) is 54.2 Å². The lowest BCUT2D eigenvalue weighted by molar-refractivity contribution is -0.00330. The molecule has 0 bridgehead atoms. The van der Waals surface area contributed by atoms with E-state index in [2.05, 4.69) is 60.0 Å². The van der Waals surface area contributed by atoms with Crippen LogP contribution in [0.5, 0.6) is 0 Å². The Bertz CT molecular complexity index is 1140. The van der Waals surface area contributed by atoms with Gasteiger partial charge >= 0.3 is 0 Å². The Labute approximate surface area is 198 Å². The highest BCUT2D eigenvalue weighted by molar-refractivity contribution is 5.83. The highest BCUT2D eigenvalue weighted by Gasteiger charge is 2.61. The van der Waals surface area contributed by atoms with Crippen LogP contribution in [0.1, 0.15) is 92.4 Å². The number of allylic oxidation sites excluding steroid dienone is 1. The van der Waals surface area contributed by atoms with Crippen LogP contribution in [-0.4, -0.2) is 11.1 Å². The first-order valence-electron chi connectivity index (χ1n) is 14.3. The van der Waals surface area contributed by atoms with E-state index >= 15 is 0 Å². The maximum atomic E-state index is 8.91. The summed E-state index contributed by atoms with van der Waals surface area (Å²) < 4.78 is 26.7. The maximum Gasteiger partial charge on any atom is 0.104 e. The SMILES string of the molecule is [2H]C([2H])([2H])C1N(c2ccccc2C)C(C)=C2c3ccccc3C(C3CCCCC3)(C3CCCC3)N21. The molecule has 0 spiro atoms. The van der Waals surface area contributed by atoms with Crippen molar-refractivity contribution in [1.29, 1.82) is 0 Å². The van der Waals surface area contributed by atoms with Gasteiger partial charge in [-0.2, -0.15) is 0 Å². The second kappa shape index (κ2) is 7.68. The molecule has 2 heteroatoms. The topological polar surface area (TPSA) is 6.48 Å². The Balaban J connectivity index is 1.65. The molecule has 2 aliphatic carbocycles. The minimum atomic E-state index is -2.15. The van der Waals surface area contributed by atoms with Crippen molar-refractivity contribution >= 4 is 11.4 Å². The molecule has 2 atom stereocenters. The number of anilines is 1. The van der Waals surface area contributed by atoms with Gasteiger partial charge in [0.2, 0.25) is 0 Å². The summed E-state index contributed by atoms with van der Waals surface area (Å²) in [6.07, 6.45) is 10.4. The predicted molar refractivity (Wildman–Crippen MR) is 134 cm³/mol. The molecule has 2 aromatic rings. The van der Waals surface area contributed by atoms with Crippen LogP contribution in [0.3, 0.4) is 0 Å². The van der Waals surface area contributed by atoms with Crippen LogP contribution < -0.4 is 4.90 Å². The number of benzene rings is 2. The number of hydrogen-bond acceptors (Lipinski definition) is 2. The zero-order valence-corrected chi connectivity index (χ0v) is 19.6. The largest absolute Gasteiger partial charge is 0.339 e. The molecule has 4 aliphatic rings. The van der Waals surface area contributed by atoms with Crippen molar-refractivity contribution in [3.63, 3.8) is 0 Å². The van der Waals surface area contributed by atoms with E-state index in [9.17, 15) is 0 Å². The quantitative estimate of drug-likeness (QED) is 0.490. The van der Waals surface area contributed by atoms with Gasteiger partial charge in [-0.15, -0.1) is 0 Å².